The molecule has 0 aliphatic carbocycles. The Kier molecular flexibility index (Phi) is 5.12. The lowest BCUT2D eigenvalue weighted by atomic mass is 10.1. The first-order valence-corrected chi connectivity index (χ1v) is 5.61. The SMILES string of the molecule is COc1cc(CCNC(C)C)cc(OC)c1. The highest BCUT2D eigenvalue weighted by molar-refractivity contribution is 5.38. The lowest BCUT2D eigenvalue weighted by molar-refractivity contribution is 0.393. The molecule has 0 aliphatic heterocycles. The lowest BCUT2D eigenvalue weighted by Crippen LogP contribution is -2.24. The van der Waals surface area contributed by atoms with E-state index in [1.54, 1.807) is 14.2 Å². The predicted octanol–water partition coefficient (Wildman–Crippen LogP) is 2.24. The van der Waals surface area contributed by atoms with Crippen LogP contribution in [0.4, 0.5) is 0 Å². The Hall–Kier alpha value is -1.22. The number of hydrogen-bond acceptors (Lipinski definition) is 3. The van der Waals surface area contributed by atoms with Crippen LogP contribution < -0.4 is 14.8 Å². The van der Waals surface area contributed by atoms with E-state index in [4.69, 9.17) is 9.47 Å². The van der Waals surface area contributed by atoms with Gasteiger partial charge in [0.05, 0.1) is 14.2 Å². The summed E-state index contributed by atoms with van der Waals surface area (Å²) in [6.45, 7) is 5.26. The van der Waals surface area contributed by atoms with Crippen LogP contribution in [0.25, 0.3) is 0 Å². The van der Waals surface area contributed by atoms with Gasteiger partial charge in [0.2, 0.25) is 0 Å². The van der Waals surface area contributed by atoms with Gasteiger partial charge in [-0.15, -0.1) is 0 Å². The molecule has 90 valence electrons. The van der Waals surface area contributed by atoms with Gasteiger partial charge in [-0.25, -0.2) is 0 Å². The highest BCUT2D eigenvalue weighted by Gasteiger charge is 2.02. The maximum Gasteiger partial charge on any atom is 0.122 e. The molecule has 0 spiro atoms. The molecule has 1 aromatic carbocycles. The minimum Gasteiger partial charge on any atom is -0.497 e. The number of rotatable bonds is 6. The molecule has 0 atom stereocenters. The van der Waals surface area contributed by atoms with Crippen molar-refractivity contribution in [2.75, 3.05) is 20.8 Å². The monoisotopic (exact) mass is 223 g/mol. The summed E-state index contributed by atoms with van der Waals surface area (Å²) >= 11 is 0. The molecule has 1 aromatic rings. The molecule has 0 aliphatic rings. The third-order valence-corrected chi connectivity index (χ3v) is 2.38. The van der Waals surface area contributed by atoms with Crippen molar-refractivity contribution in [3.8, 4) is 11.5 Å². The molecule has 0 unspecified atom stereocenters. The summed E-state index contributed by atoms with van der Waals surface area (Å²) in [4.78, 5) is 0. The molecule has 0 saturated carbocycles. The van der Waals surface area contributed by atoms with Gasteiger partial charge in [0, 0.05) is 12.1 Å². The highest BCUT2D eigenvalue weighted by atomic mass is 16.5. The van der Waals surface area contributed by atoms with Crippen molar-refractivity contribution in [2.24, 2.45) is 0 Å². The standard InChI is InChI=1S/C13H21NO2/c1-10(2)14-6-5-11-7-12(15-3)9-13(8-11)16-4/h7-10,14H,5-6H2,1-4H3. The number of benzene rings is 1. The van der Waals surface area contributed by atoms with E-state index in [0.717, 1.165) is 24.5 Å². The normalized spacial score (nSPS) is 10.6. The molecule has 0 bridgehead atoms. The zero-order valence-corrected chi connectivity index (χ0v) is 10.5. The smallest absolute Gasteiger partial charge is 0.122 e. The second kappa shape index (κ2) is 6.38. The van der Waals surface area contributed by atoms with Gasteiger partial charge in [-0.05, 0) is 30.7 Å². The van der Waals surface area contributed by atoms with E-state index in [0.29, 0.717) is 6.04 Å². The number of hydrogen-bond donors (Lipinski definition) is 1. The molecule has 3 nitrogen and oxygen atoms in total. The molecule has 0 aromatic heterocycles. The number of nitrogens with one attached hydrogen (secondary N) is 1. The molecule has 1 rings (SSSR count). The molecule has 16 heavy (non-hydrogen) atoms. The van der Waals surface area contributed by atoms with Crippen molar-refractivity contribution in [2.45, 2.75) is 26.3 Å². The van der Waals surface area contributed by atoms with Gasteiger partial charge < -0.3 is 14.8 Å². The van der Waals surface area contributed by atoms with Crippen LogP contribution in [0.3, 0.4) is 0 Å². The molecule has 0 radical (unpaired) electrons. The van der Waals surface area contributed by atoms with Crippen LogP contribution in [0, 0.1) is 0 Å². The van der Waals surface area contributed by atoms with Crippen molar-refractivity contribution < 1.29 is 9.47 Å². The Morgan fingerprint density at radius 2 is 1.62 bits per heavy atom. The largest absolute Gasteiger partial charge is 0.497 e. The van der Waals surface area contributed by atoms with Gasteiger partial charge in [-0.2, -0.15) is 0 Å². The summed E-state index contributed by atoms with van der Waals surface area (Å²) in [6.07, 6.45) is 0.978. The maximum absolute atomic E-state index is 5.22. The quantitative estimate of drug-likeness (QED) is 0.802. The Balaban J connectivity index is 2.64. The maximum atomic E-state index is 5.22. The molecule has 3 heteroatoms. The summed E-state index contributed by atoms with van der Waals surface area (Å²) in [5.41, 5.74) is 1.23. The fraction of sp³-hybridized carbons (Fsp3) is 0.538. The summed E-state index contributed by atoms with van der Waals surface area (Å²) in [5, 5.41) is 3.39. The first-order valence-electron chi connectivity index (χ1n) is 5.61. The van der Waals surface area contributed by atoms with E-state index in [1.165, 1.54) is 5.56 Å². The van der Waals surface area contributed by atoms with Gasteiger partial charge in [0.25, 0.3) is 0 Å². The Morgan fingerprint density at radius 1 is 1.06 bits per heavy atom. The van der Waals surface area contributed by atoms with Crippen LogP contribution in [0.2, 0.25) is 0 Å². The summed E-state index contributed by atoms with van der Waals surface area (Å²) in [6, 6.07) is 6.50. The van der Waals surface area contributed by atoms with E-state index in [-0.39, 0.29) is 0 Å². The Morgan fingerprint density at radius 3 is 2.06 bits per heavy atom. The molecule has 0 amide bonds. The molecule has 0 saturated heterocycles. The zero-order chi connectivity index (χ0) is 12.0. The Labute approximate surface area is 97.8 Å². The summed E-state index contributed by atoms with van der Waals surface area (Å²) in [5.74, 6) is 1.69. The van der Waals surface area contributed by atoms with E-state index in [1.807, 2.05) is 18.2 Å². The van der Waals surface area contributed by atoms with Crippen molar-refractivity contribution >= 4 is 0 Å². The Bertz CT molecular complexity index is 301. The van der Waals surface area contributed by atoms with E-state index >= 15 is 0 Å². The van der Waals surface area contributed by atoms with Crippen LogP contribution in [-0.2, 0) is 6.42 Å². The van der Waals surface area contributed by atoms with Gasteiger partial charge >= 0.3 is 0 Å². The third-order valence-electron chi connectivity index (χ3n) is 2.38. The van der Waals surface area contributed by atoms with E-state index in [9.17, 15) is 0 Å². The van der Waals surface area contributed by atoms with Crippen molar-refractivity contribution in [3.63, 3.8) is 0 Å². The van der Waals surface area contributed by atoms with Crippen LogP contribution in [-0.4, -0.2) is 26.8 Å². The minimum absolute atomic E-state index is 0.521. The third kappa shape index (κ3) is 4.11. The molecule has 1 N–H and O–H groups in total. The second-order valence-electron chi connectivity index (χ2n) is 4.08. The van der Waals surface area contributed by atoms with Gasteiger partial charge in [0.1, 0.15) is 11.5 Å². The van der Waals surface area contributed by atoms with Crippen LogP contribution in [0.5, 0.6) is 11.5 Å². The van der Waals surface area contributed by atoms with Crippen LogP contribution >= 0.6 is 0 Å². The van der Waals surface area contributed by atoms with Gasteiger partial charge in [-0.1, -0.05) is 13.8 Å². The van der Waals surface area contributed by atoms with E-state index < -0.39 is 0 Å². The molecule has 0 heterocycles. The fourth-order valence-electron chi connectivity index (χ4n) is 1.52. The fourth-order valence-corrected chi connectivity index (χ4v) is 1.52. The van der Waals surface area contributed by atoms with Gasteiger partial charge in [-0.3, -0.25) is 0 Å². The highest BCUT2D eigenvalue weighted by Crippen LogP contribution is 2.22. The van der Waals surface area contributed by atoms with Crippen LogP contribution in [0.1, 0.15) is 19.4 Å². The average molecular weight is 223 g/mol. The van der Waals surface area contributed by atoms with Gasteiger partial charge in [0.15, 0.2) is 0 Å². The first kappa shape index (κ1) is 12.8. The topological polar surface area (TPSA) is 30.5 Å². The first-order chi connectivity index (χ1) is 7.65. The molecule has 0 fully saturated rings. The summed E-state index contributed by atoms with van der Waals surface area (Å²) < 4.78 is 10.4. The average Bonchev–Trinajstić information content (AvgIpc) is 2.28. The van der Waals surface area contributed by atoms with Crippen molar-refractivity contribution in [1.29, 1.82) is 0 Å². The lowest BCUT2D eigenvalue weighted by Gasteiger charge is -2.10. The van der Waals surface area contributed by atoms with Crippen LogP contribution in [0.15, 0.2) is 18.2 Å². The predicted molar refractivity (Wildman–Crippen MR) is 66.4 cm³/mol. The number of ether oxygens (including phenoxy) is 2. The summed E-state index contributed by atoms with van der Waals surface area (Å²) in [7, 11) is 3.34. The van der Waals surface area contributed by atoms with E-state index in [2.05, 4.69) is 19.2 Å². The zero-order valence-electron chi connectivity index (χ0n) is 10.5. The minimum atomic E-state index is 0.521. The number of methoxy groups -OCH3 is 2. The van der Waals surface area contributed by atoms with Crippen molar-refractivity contribution in [1.82, 2.24) is 5.32 Å². The molecular weight excluding hydrogens is 202 g/mol. The van der Waals surface area contributed by atoms with Crippen molar-refractivity contribution in [3.05, 3.63) is 23.8 Å². The second-order valence-corrected chi connectivity index (χ2v) is 4.08. The molecular formula is C13H21NO2.